The van der Waals surface area contributed by atoms with Crippen LogP contribution in [0.5, 0.6) is 11.5 Å². The van der Waals surface area contributed by atoms with E-state index in [0.717, 1.165) is 22.4 Å². The molecule has 0 radical (unpaired) electrons. The van der Waals surface area contributed by atoms with Crippen LogP contribution in [0.3, 0.4) is 0 Å². The molecule has 0 fully saturated rings. The molecule has 0 atom stereocenters. The third-order valence-electron chi connectivity index (χ3n) is 3.91. The van der Waals surface area contributed by atoms with Crippen molar-refractivity contribution in [3.8, 4) is 11.5 Å². The molecule has 0 aliphatic rings. The summed E-state index contributed by atoms with van der Waals surface area (Å²) < 4.78 is 37.4. The Bertz CT molecular complexity index is 790. The van der Waals surface area contributed by atoms with E-state index < -0.39 is 10.0 Å². The van der Waals surface area contributed by atoms with E-state index in [1.54, 1.807) is 33.4 Å². The number of hydrogen-bond donors (Lipinski definition) is 0. The zero-order valence-corrected chi connectivity index (χ0v) is 15.5. The number of methoxy groups -OCH3 is 2. The smallest absolute Gasteiger partial charge is 0.243 e. The number of sulfonamides is 1. The summed E-state index contributed by atoms with van der Waals surface area (Å²) in [6.07, 6.45) is 0. The Labute approximate surface area is 143 Å². The van der Waals surface area contributed by atoms with E-state index in [9.17, 15) is 8.42 Å². The lowest BCUT2D eigenvalue weighted by molar-refractivity contribution is 0.408. The highest BCUT2D eigenvalue weighted by Crippen LogP contribution is 2.28. The Balaban J connectivity index is 2.28. The molecule has 6 heteroatoms. The number of ether oxygens (including phenoxy) is 2. The van der Waals surface area contributed by atoms with Crippen molar-refractivity contribution in [2.45, 2.75) is 25.3 Å². The molecule has 0 aliphatic carbocycles. The Morgan fingerprint density at radius 1 is 0.958 bits per heavy atom. The average Bonchev–Trinajstić information content (AvgIpc) is 2.55. The summed E-state index contributed by atoms with van der Waals surface area (Å²) in [5.41, 5.74) is 2.49. The maximum atomic E-state index is 12.8. The summed E-state index contributed by atoms with van der Waals surface area (Å²) in [5, 5.41) is 0. The highest BCUT2D eigenvalue weighted by Gasteiger charge is 2.22. The maximum absolute atomic E-state index is 12.8. The largest absolute Gasteiger partial charge is 0.497 e. The SMILES string of the molecule is COc1ccc(CN(C)S(=O)(=O)c2cc(C)c(OC)c(C)c2)cc1. The number of benzene rings is 2. The fourth-order valence-corrected chi connectivity index (χ4v) is 3.96. The molecule has 0 saturated carbocycles. The van der Waals surface area contributed by atoms with Crippen LogP contribution in [-0.4, -0.2) is 34.0 Å². The normalized spacial score (nSPS) is 11.6. The van der Waals surface area contributed by atoms with Crippen LogP contribution in [0.1, 0.15) is 16.7 Å². The molecule has 2 rings (SSSR count). The van der Waals surface area contributed by atoms with Crippen molar-refractivity contribution in [2.24, 2.45) is 0 Å². The monoisotopic (exact) mass is 349 g/mol. The van der Waals surface area contributed by atoms with Crippen LogP contribution in [0.15, 0.2) is 41.3 Å². The summed E-state index contributed by atoms with van der Waals surface area (Å²) in [5.74, 6) is 1.46. The second-order valence-corrected chi connectivity index (χ2v) is 7.74. The highest BCUT2D eigenvalue weighted by atomic mass is 32.2. The Morgan fingerprint density at radius 3 is 1.96 bits per heavy atom. The van der Waals surface area contributed by atoms with Crippen molar-refractivity contribution >= 4 is 10.0 Å². The van der Waals surface area contributed by atoms with Gasteiger partial charge in [-0.25, -0.2) is 8.42 Å². The lowest BCUT2D eigenvalue weighted by Crippen LogP contribution is -2.26. The van der Waals surface area contributed by atoms with E-state index in [0.29, 0.717) is 5.75 Å². The predicted octanol–water partition coefficient (Wildman–Crippen LogP) is 3.14. The molecule has 0 spiro atoms. The van der Waals surface area contributed by atoms with Crippen molar-refractivity contribution in [1.82, 2.24) is 4.31 Å². The zero-order valence-electron chi connectivity index (χ0n) is 14.7. The minimum Gasteiger partial charge on any atom is -0.497 e. The first-order chi connectivity index (χ1) is 11.3. The number of nitrogens with zero attached hydrogens (tertiary/aromatic N) is 1. The van der Waals surface area contributed by atoms with Gasteiger partial charge in [-0.3, -0.25) is 0 Å². The summed E-state index contributed by atoms with van der Waals surface area (Å²) in [6.45, 7) is 3.97. The van der Waals surface area contributed by atoms with Gasteiger partial charge in [0.2, 0.25) is 10.0 Å². The van der Waals surface area contributed by atoms with Gasteiger partial charge >= 0.3 is 0 Å². The Hall–Kier alpha value is -2.05. The van der Waals surface area contributed by atoms with Crippen molar-refractivity contribution in [2.75, 3.05) is 21.3 Å². The molecule has 2 aromatic rings. The molecule has 0 unspecified atom stereocenters. The standard InChI is InChI=1S/C18H23NO4S/c1-13-10-17(11-14(2)18(13)23-5)24(20,21)19(3)12-15-6-8-16(22-4)9-7-15/h6-11H,12H2,1-5H3. The Kier molecular flexibility index (Phi) is 5.51. The predicted molar refractivity (Wildman–Crippen MR) is 94.1 cm³/mol. The third-order valence-corrected chi connectivity index (χ3v) is 5.69. The molecular formula is C18H23NO4S. The van der Waals surface area contributed by atoms with Crippen LogP contribution in [0, 0.1) is 13.8 Å². The number of hydrogen-bond acceptors (Lipinski definition) is 4. The molecule has 0 saturated heterocycles. The van der Waals surface area contributed by atoms with Crippen LogP contribution in [0.25, 0.3) is 0 Å². The summed E-state index contributed by atoms with van der Waals surface area (Å²) in [7, 11) is 1.18. The molecule has 0 amide bonds. The lowest BCUT2D eigenvalue weighted by Gasteiger charge is -2.19. The fourth-order valence-electron chi connectivity index (χ4n) is 2.63. The van der Waals surface area contributed by atoms with Crippen LogP contribution in [0.2, 0.25) is 0 Å². The van der Waals surface area contributed by atoms with E-state index in [4.69, 9.17) is 9.47 Å². The third kappa shape index (κ3) is 3.71. The van der Waals surface area contributed by atoms with Gasteiger partial charge in [0.05, 0.1) is 19.1 Å². The molecule has 0 bridgehead atoms. The van der Waals surface area contributed by atoms with Crippen molar-refractivity contribution < 1.29 is 17.9 Å². The molecular weight excluding hydrogens is 326 g/mol. The molecule has 0 aromatic heterocycles. The minimum absolute atomic E-state index is 0.273. The lowest BCUT2D eigenvalue weighted by atomic mass is 10.1. The van der Waals surface area contributed by atoms with E-state index in [-0.39, 0.29) is 11.4 Å². The average molecular weight is 349 g/mol. The first-order valence-electron chi connectivity index (χ1n) is 7.54. The molecule has 5 nitrogen and oxygen atoms in total. The zero-order chi connectivity index (χ0) is 17.9. The maximum Gasteiger partial charge on any atom is 0.243 e. The van der Waals surface area contributed by atoms with Gasteiger partial charge < -0.3 is 9.47 Å². The fraction of sp³-hybridized carbons (Fsp3) is 0.333. The molecule has 24 heavy (non-hydrogen) atoms. The topological polar surface area (TPSA) is 55.8 Å². The molecule has 2 aromatic carbocycles. The molecule has 0 aliphatic heterocycles. The van der Waals surface area contributed by atoms with E-state index in [1.165, 1.54) is 4.31 Å². The van der Waals surface area contributed by atoms with Gasteiger partial charge in [0.25, 0.3) is 0 Å². The van der Waals surface area contributed by atoms with Crippen LogP contribution >= 0.6 is 0 Å². The number of rotatable bonds is 6. The van der Waals surface area contributed by atoms with Gasteiger partial charge in [0, 0.05) is 13.6 Å². The highest BCUT2D eigenvalue weighted by molar-refractivity contribution is 7.89. The van der Waals surface area contributed by atoms with E-state index >= 15 is 0 Å². The molecule has 0 heterocycles. The second kappa shape index (κ2) is 7.23. The van der Waals surface area contributed by atoms with Crippen LogP contribution in [0.4, 0.5) is 0 Å². The molecule has 130 valence electrons. The van der Waals surface area contributed by atoms with Gasteiger partial charge in [-0.1, -0.05) is 12.1 Å². The van der Waals surface area contributed by atoms with E-state index in [1.807, 2.05) is 38.1 Å². The van der Waals surface area contributed by atoms with Gasteiger partial charge in [-0.2, -0.15) is 4.31 Å². The van der Waals surface area contributed by atoms with Crippen molar-refractivity contribution in [1.29, 1.82) is 0 Å². The van der Waals surface area contributed by atoms with Crippen LogP contribution in [-0.2, 0) is 16.6 Å². The summed E-state index contributed by atoms with van der Waals surface area (Å²) in [6, 6.07) is 10.6. The van der Waals surface area contributed by atoms with Gasteiger partial charge in [-0.15, -0.1) is 0 Å². The quantitative estimate of drug-likeness (QED) is 0.804. The van der Waals surface area contributed by atoms with Crippen molar-refractivity contribution in [3.63, 3.8) is 0 Å². The Morgan fingerprint density at radius 2 is 1.50 bits per heavy atom. The van der Waals surface area contributed by atoms with Gasteiger partial charge in [-0.05, 0) is 54.8 Å². The van der Waals surface area contributed by atoms with Gasteiger partial charge in [0.1, 0.15) is 11.5 Å². The van der Waals surface area contributed by atoms with E-state index in [2.05, 4.69) is 0 Å². The van der Waals surface area contributed by atoms with Crippen molar-refractivity contribution in [3.05, 3.63) is 53.1 Å². The summed E-state index contributed by atoms with van der Waals surface area (Å²) >= 11 is 0. The second-order valence-electron chi connectivity index (χ2n) is 5.70. The van der Waals surface area contributed by atoms with Gasteiger partial charge in [0.15, 0.2) is 0 Å². The van der Waals surface area contributed by atoms with Crippen LogP contribution < -0.4 is 9.47 Å². The first-order valence-corrected chi connectivity index (χ1v) is 8.98. The summed E-state index contributed by atoms with van der Waals surface area (Å²) in [4.78, 5) is 0.273. The molecule has 0 N–H and O–H groups in total. The first kappa shape index (κ1) is 18.3. The number of aryl methyl sites for hydroxylation is 2. The minimum atomic E-state index is -3.58.